The van der Waals surface area contributed by atoms with E-state index < -0.39 is 32.5 Å². The summed E-state index contributed by atoms with van der Waals surface area (Å²) >= 11 is 0. The molecular formula is C50H92NO8P. The van der Waals surface area contributed by atoms with Gasteiger partial charge in [0, 0.05) is 19.4 Å². The van der Waals surface area contributed by atoms with E-state index in [4.69, 9.17) is 24.3 Å². The molecule has 0 aromatic carbocycles. The maximum absolute atomic E-state index is 12.6. The van der Waals surface area contributed by atoms with E-state index in [0.717, 1.165) is 70.6 Å². The molecule has 2 unspecified atom stereocenters. The molecule has 0 aromatic heterocycles. The van der Waals surface area contributed by atoms with Gasteiger partial charge < -0.3 is 20.1 Å². The van der Waals surface area contributed by atoms with Crippen molar-refractivity contribution in [2.24, 2.45) is 5.73 Å². The molecule has 3 N–H and O–H groups in total. The molecule has 0 saturated carbocycles. The number of esters is 2. The van der Waals surface area contributed by atoms with Crippen molar-refractivity contribution in [2.45, 2.75) is 232 Å². The number of allylic oxidation sites excluding steroid dienone is 8. The van der Waals surface area contributed by atoms with Gasteiger partial charge in [-0.05, 0) is 77.0 Å². The molecule has 0 fully saturated rings. The largest absolute Gasteiger partial charge is 0.472 e. The van der Waals surface area contributed by atoms with Crippen LogP contribution in [0.5, 0.6) is 0 Å². The number of rotatable bonds is 46. The number of phosphoric acid groups is 1. The summed E-state index contributed by atoms with van der Waals surface area (Å²) in [5.41, 5.74) is 5.35. The average Bonchev–Trinajstić information content (AvgIpc) is 3.24. The second kappa shape index (κ2) is 46.5. The van der Waals surface area contributed by atoms with Crippen LogP contribution in [0.3, 0.4) is 0 Å². The molecule has 0 amide bonds. The third kappa shape index (κ3) is 45.5. The molecule has 0 rings (SSSR count). The van der Waals surface area contributed by atoms with Gasteiger partial charge in [0.15, 0.2) is 6.10 Å². The zero-order valence-corrected chi connectivity index (χ0v) is 39.6. The summed E-state index contributed by atoms with van der Waals surface area (Å²) < 4.78 is 32.8. The van der Waals surface area contributed by atoms with Gasteiger partial charge in [0.1, 0.15) is 6.61 Å². The summed E-state index contributed by atoms with van der Waals surface area (Å²) in [6.45, 7) is 3.70. The predicted molar refractivity (Wildman–Crippen MR) is 252 cm³/mol. The van der Waals surface area contributed by atoms with E-state index >= 15 is 0 Å². The summed E-state index contributed by atoms with van der Waals surface area (Å²) in [6, 6.07) is 0. The van der Waals surface area contributed by atoms with Crippen molar-refractivity contribution < 1.29 is 37.6 Å². The number of nitrogens with two attached hydrogens (primary N) is 1. The summed E-state index contributed by atoms with van der Waals surface area (Å²) in [4.78, 5) is 34.9. The number of unbranched alkanes of at least 4 members (excludes halogenated alkanes) is 25. The fourth-order valence-corrected chi connectivity index (χ4v) is 7.52. The van der Waals surface area contributed by atoms with Crippen LogP contribution in [0.4, 0.5) is 0 Å². The van der Waals surface area contributed by atoms with Crippen LogP contribution in [0.1, 0.15) is 226 Å². The number of ether oxygens (including phenoxy) is 2. The first kappa shape index (κ1) is 58.0. The highest BCUT2D eigenvalue weighted by Gasteiger charge is 2.26. The lowest BCUT2D eigenvalue weighted by molar-refractivity contribution is -0.161. The molecule has 0 aliphatic heterocycles. The average molecular weight is 866 g/mol. The van der Waals surface area contributed by atoms with Crippen molar-refractivity contribution in [3.63, 3.8) is 0 Å². The zero-order chi connectivity index (χ0) is 43.9. The van der Waals surface area contributed by atoms with E-state index in [0.29, 0.717) is 6.42 Å². The minimum Gasteiger partial charge on any atom is -0.462 e. The first-order valence-electron chi connectivity index (χ1n) is 24.6. The van der Waals surface area contributed by atoms with Crippen molar-refractivity contribution in [1.82, 2.24) is 0 Å². The minimum absolute atomic E-state index is 0.0513. The summed E-state index contributed by atoms with van der Waals surface area (Å²) in [5, 5.41) is 0. The summed E-state index contributed by atoms with van der Waals surface area (Å²) in [7, 11) is -4.38. The van der Waals surface area contributed by atoms with Gasteiger partial charge in [-0.1, -0.05) is 184 Å². The Kier molecular flexibility index (Phi) is 44.9. The van der Waals surface area contributed by atoms with Crippen LogP contribution in [-0.4, -0.2) is 49.3 Å². The molecule has 0 aliphatic carbocycles. The molecule has 0 aliphatic rings. The topological polar surface area (TPSA) is 134 Å². The van der Waals surface area contributed by atoms with E-state index in [1.165, 1.54) is 122 Å². The molecular weight excluding hydrogens is 774 g/mol. The molecule has 0 radical (unpaired) electrons. The van der Waals surface area contributed by atoms with E-state index in [-0.39, 0.29) is 32.6 Å². The number of hydrogen-bond donors (Lipinski definition) is 2. The van der Waals surface area contributed by atoms with Crippen LogP contribution in [0.2, 0.25) is 0 Å². The van der Waals surface area contributed by atoms with Crippen molar-refractivity contribution >= 4 is 19.8 Å². The molecule has 350 valence electrons. The van der Waals surface area contributed by atoms with Gasteiger partial charge in [0.25, 0.3) is 0 Å². The third-order valence-electron chi connectivity index (χ3n) is 10.4. The molecule has 0 spiro atoms. The fourth-order valence-electron chi connectivity index (χ4n) is 6.75. The Morgan fingerprint density at radius 1 is 0.500 bits per heavy atom. The molecule has 0 bridgehead atoms. The molecule has 2 atom stereocenters. The summed E-state index contributed by atoms with van der Waals surface area (Å²) in [5.74, 6) is -0.839. The van der Waals surface area contributed by atoms with E-state index in [1.54, 1.807) is 0 Å². The van der Waals surface area contributed by atoms with Crippen LogP contribution >= 0.6 is 7.82 Å². The van der Waals surface area contributed by atoms with Gasteiger partial charge in [-0.25, -0.2) is 4.57 Å². The van der Waals surface area contributed by atoms with Crippen LogP contribution < -0.4 is 5.73 Å². The Hall–Kier alpha value is -2.03. The van der Waals surface area contributed by atoms with Gasteiger partial charge >= 0.3 is 19.8 Å². The van der Waals surface area contributed by atoms with Crippen LogP contribution in [0, 0.1) is 0 Å². The molecule has 0 heterocycles. The van der Waals surface area contributed by atoms with Crippen molar-refractivity contribution in [1.29, 1.82) is 0 Å². The van der Waals surface area contributed by atoms with Gasteiger partial charge in [-0.2, -0.15) is 0 Å². The van der Waals surface area contributed by atoms with Gasteiger partial charge in [-0.3, -0.25) is 18.6 Å². The van der Waals surface area contributed by atoms with Crippen LogP contribution in [0.15, 0.2) is 48.6 Å². The van der Waals surface area contributed by atoms with E-state index in [9.17, 15) is 19.0 Å². The van der Waals surface area contributed by atoms with Crippen molar-refractivity contribution in [3.05, 3.63) is 48.6 Å². The first-order valence-corrected chi connectivity index (χ1v) is 26.1. The molecule has 9 nitrogen and oxygen atoms in total. The number of hydrogen-bond acceptors (Lipinski definition) is 8. The molecule has 0 saturated heterocycles. The Morgan fingerprint density at radius 3 is 1.33 bits per heavy atom. The van der Waals surface area contributed by atoms with Crippen molar-refractivity contribution in [2.75, 3.05) is 26.4 Å². The van der Waals surface area contributed by atoms with Gasteiger partial charge in [0.2, 0.25) is 0 Å². The second-order valence-corrected chi connectivity index (χ2v) is 17.8. The normalized spacial score (nSPS) is 13.6. The zero-order valence-electron chi connectivity index (χ0n) is 38.7. The predicted octanol–water partition coefficient (Wildman–Crippen LogP) is 14.7. The van der Waals surface area contributed by atoms with Gasteiger partial charge in [0.05, 0.1) is 13.2 Å². The highest BCUT2D eigenvalue weighted by molar-refractivity contribution is 7.47. The second-order valence-electron chi connectivity index (χ2n) is 16.3. The van der Waals surface area contributed by atoms with Crippen LogP contribution in [-0.2, 0) is 32.7 Å². The monoisotopic (exact) mass is 866 g/mol. The highest BCUT2D eigenvalue weighted by Crippen LogP contribution is 2.43. The Bertz CT molecular complexity index is 1120. The SMILES string of the molecule is CCCCC/C=C\CCCCCCCC(=O)OCC(COP(=O)(O)OCCN)OC(=O)CCCCCCCCCCCCCC/C=C\C/C=C\C/C=C\CCCCCCC. The van der Waals surface area contributed by atoms with E-state index in [1.807, 2.05) is 0 Å². The third-order valence-corrected chi connectivity index (χ3v) is 11.4. The lowest BCUT2D eigenvalue weighted by Gasteiger charge is -2.19. The van der Waals surface area contributed by atoms with Crippen molar-refractivity contribution in [3.8, 4) is 0 Å². The number of carbonyl (C=O) groups excluding carboxylic acids is 2. The Balaban J connectivity index is 4.00. The smallest absolute Gasteiger partial charge is 0.462 e. The molecule has 10 heteroatoms. The van der Waals surface area contributed by atoms with E-state index in [2.05, 4.69) is 62.5 Å². The Morgan fingerprint density at radius 2 is 0.867 bits per heavy atom. The van der Waals surface area contributed by atoms with Gasteiger partial charge in [-0.15, -0.1) is 0 Å². The fraction of sp³-hybridized carbons (Fsp3) is 0.800. The molecule has 60 heavy (non-hydrogen) atoms. The maximum Gasteiger partial charge on any atom is 0.472 e. The minimum atomic E-state index is -4.38. The standard InChI is InChI=1S/C50H92NO8P/c1-3-5-7-9-11-13-15-17-18-19-20-21-22-23-24-25-26-27-28-29-30-31-33-35-37-39-41-43-50(53)59-48(47-58-60(54,55)57-45-44-51)46-56-49(52)42-40-38-36-34-32-16-14-12-10-8-6-4-2/h12,14-15,17,19-20,22-23,48H,3-11,13,16,18,21,24-47,51H2,1-2H3,(H,54,55)/b14-12-,17-15-,20-19-,23-22-. The van der Waals surface area contributed by atoms with Crippen LogP contribution in [0.25, 0.3) is 0 Å². The lowest BCUT2D eigenvalue weighted by Crippen LogP contribution is -2.29. The maximum atomic E-state index is 12.6. The Labute approximate surface area is 368 Å². The number of carbonyl (C=O) groups is 2. The molecule has 0 aromatic rings. The lowest BCUT2D eigenvalue weighted by atomic mass is 10.0. The quantitative estimate of drug-likeness (QED) is 0.0265. The highest BCUT2D eigenvalue weighted by atomic mass is 31.2. The first-order chi connectivity index (χ1) is 29.3. The number of phosphoric ester groups is 1. The summed E-state index contributed by atoms with van der Waals surface area (Å²) in [6.07, 6.45) is 54.4.